The number of anilines is 1. The molecule has 3 rings (SSSR count). The first kappa shape index (κ1) is 14.1. The van der Waals surface area contributed by atoms with Crippen molar-refractivity contribution in [3.05, 3.63) is 28.8 Å². The molecule has 5 nitrogen and oxygen atoms in total. The summed E-state index contributed by atoms with van der Waals surface area (Å²) in [5.74, 6) is 1.68. The number of aryl methyl sites for hydroxylation is 1. The van der Waals surface area contributed by atoms with Crippen LogP contribution in [-0.4, -0.2) is 31.0 Å². The highest BCUT2D eigenvalue weighted by atomic mass is 32.1. The average molecular weight is 305 g/mol. The molecule has 1 aromatic heterocycles. The number of benzene rings is 1. The second-order valence-electron chi connectivity index (χ2n) is 5.06. The molecule has 1 aromatic carbocycles. The Morgan fingerprint density at radius 1 is 1.24 bits per heavy atom. The van der Waals surface area contributed by atoms with Crippen LogP contribution in [0.3, 0.4) is 0 Å². The molecule has 1 saturated heterocycles. The minimum atomic E-state index is 0.290. The van der Waals surface area contributed by atoms with Crippen LogP contribution < -0.4 is 14.4 Å². The van der Waals surface area contributed by atoms with E-state index in [1.54, 1.807) is 25.6 Å². The van der Waals surface area contributed by atoms with Gasteiger partial charge in [0, 0.05) is 18.2 Å². The average Bonchev–Trinajstić information content (AvgIpc) is 3.14. The van der Waals surface area contributed by atoms with E-state index in [-0.39, 0.29) is 0 Å². The van der Waals surface area contributed by atoms with Crippen LogP contribution in [0.15, 0.2) is 18.2 Å². The molecule has 0 saturated carbocycles. The van der Waals surface area contributed by atoms with Crippen LogP contribution in [0.4, 0.5) is 5.13 Å². The second kappa shape index (κ2) is 5.89. The summed E-state index contributed by atoms with van der Waals surface area (Å²) < 4.78 is 10.8. The van der Waals surface area contributed by atoms with E-state index in [2.05, 4.69) is 21.2 Å². The molecule has 0 aliphatic carbocycles. The summed E-state index contributed by atoms with van der Waals surface area (Å²) in [6, 6.07) is 6.31. The van der Waals surface area contributed by atoms with Crippen molar-refractivity contribution in [1.29, 1.82) is 0 Å². The SMILES string of the molecule is COc1ccc([C@@H]2CCCN2c2nnc(C)s2)c(OC)c1. The van der Waals surface area contributed by atoms with E-state index in [0.717, 1.165) is 41.0 Å². The molecule has 21 heavy (non-hydrogen) atoms. The minimum Gasteiger partial charge on any atom is -0.497 e. The Balaban J connectivity index is 1.95. The molecule has 0 spiro atoms. The zero-order valence-electron chi connectivity index (χ0n) is 12.5. The summed E-state index contributed by atoms with van der Waals surface area (Å²) in [6.45, 7) is 2.99. The van der Waals surface area contributed by atoms with Crippen LogP contribution in [0.1, 0.15) is 29.5 Å². The van der Waals surface area contributed by atoms with Gasteiger partial charge in [-0.3, -0.25) is 0 Å². The largest absolute Gasteiger partial charge is 0.497 e. The molecule has 1 fully saturated rings. The molecule has 112 valence electrons. The van der Waals surface area contributed by atoms with Gasteiger partial charge in [0.05, 0.1) is 20.3 Å². The fourth-order valence-corrected chi connectivity index (χ4v) is 3.58. The van der Waals surface area contributed by atoms with Gasteiger partial charge >= 0.3 is 0 Å². The van der Waals surface area contributed by atoms with Crippen molar-refractivity contribution in [2.24, 2.45) is 0 Å². The molecule has 0 radical (unpaired) electrons. The molecule has 2 heterocycles. The van der Waals surface area contributed by atoms with Gasteiger partial charge < -0.3 is 14.4 Å². The first-order chi connectivity index (χ1) is 10.2. The third-order valence-corrected chi connectivity index (χ3v) is 4.69. The first-order valence-corrected chi connectivity index (χ1v) is 7.83. The van der Waals surface area contributed by atoms with Gasteiger partial charge in [-0.05, 0) is 31.9 Å². The highest BCUT2D eigenvalue weighted by Gasteiger charge is 2.30. The third kappa shape index (κ3) is 2.68. The summed E-state index contributed by atoms with van der Waals surface area (Å²) in [4.78, 5) is 2.33. The van der Waals surface area contributed by atoms with Gasteiger partial charge in [0.15, 0.2) is 0 Å². The van der Waals surface area contributed by atoms with Gasteiger partial charge in [-0.15, -0.1) is 10.2 Å². The Morgan fingerprint density at radius 2 is 2.10 bits per heavy atom. The summed E-state index contributed by atoms with van der Waals surface area (Å²) in [5, 5.41) is 10.4. The maximum absolute atomic E-state index is 5.55. The number of methoxy groups -OCH3 is 2. The lowest BCUT2D eigenvalue weighted by molar-refractivity contribution is 0.388. The number of nitrogens with zero attached hydrogens (tertiary/aromatic N) is 3. The second-order valence-corrected chi connectivity index (χ2v) is 6.22. The van der Waals surface area contributed by atoms with E-state index in [9.17, 15) is 0 Å². The lowest BCUT2D eigenvalue weighted by Gasteiger charge is -2.25. The lowest BCUT2D eigenvalue weighted by Crippen LogP contribution is -2.22. The van der Waals surface area contributed by atoms with Crippen molar-refractivity contribution in [2.45, 2.75) is 25.8 Å². The number of hydrogen-bond acceptors (Lipinski definition) is 6. The van der Waals surface area contributed by atoms with E-state index in [4.69, 9.17) is 9.47 Å². The molecule has 6 heteroatoms. The first-order valence-electron chi connectivity index (χ1n) is 7.01. The fraction of sp³-hybridized carbons (Fsp3) is 0.467. The van der Waals surface area contributed by atoms with Crippen molar-refractivity contribution in [1.82, 2.24) is 10.2 Å². The summed E-state index contributed by atoms with van der Waals surface area (Å²) in [6.07, 6.45) is 2.25. The topological polar surface area (TPSA) is 47.5 Å². The smallest absolute Gasteiger partial charge is 0.208 e. The highest BCUT2D eigenvalue weighted by molar-refractivity contribution is 7.15. The number of ether oxygens (including phenoxy) is 2. The van der Waals surface area contributed by atoms with Crippen LogP contribution in [0.5, 0.6) is 11.5 Å². The molecule has 1 aliphatic heterocycles. The Morgan fingerprint density at radius 3 is 2.76 bits per heavy atom. The number of hydrogen-bond donors (Lipinski definition) is 0. The van der Waals surface area contributed by atoms with Crippen molar-refractivity contribution in [3.63, 3.8) is 0 Å². The maximum Gasteiger partial charge on any atom is 0.208 e. The maximum atomic E-state index is 5.55. The molecule has 1 atom stereocenters. The van der Waals surface area contributed by atoms with Gasteiger partial charge in [0.1, 0.15) is 16.5 Å². The van der Waals surface area contributed by atoms with Crippen molar-refractivity contribution >= 4 is 16.5 Å². The highest BCUT2D eigenvalue weighted by Crippen LogP contribution is 2.41. The van der Waals surface area contributed by atoms with E-state index >= 15 is 0 Å². The van der Waals surface area contributed by atoms with Gasteiger partial charge in [0.2, 0.25) is 5.13 Å². The van der Waals surface area contributed by atoms with Crippen molar-refractivity contribution in [3.8, 4) is 11.5 Å². The molecule has 0 bridgehead atoms. The van der Waals surface area contributed by atoms with Crippen molar-refractivity contribution < 1.29 is 9.47 Å². The normalized spacial score (nSPS) is 18.0. The number of aromatic nitrogens is 2. The van der Waals surface area contributed by atoms with Crippen LogP contribution in [0.2, 0.25) is 0 Å². The fourth-order valence-electron chi connectivity index (χ4n) is 2.81. The Kier molecular flexibility index (Phi) is 3.96. The van der Waals surface area contributed by atoms with Gasteiger partial charge in [0.25, 0.3) is 0 Å². The van der Waals surface area contributed by atoms with E-state index in [1.807, 2.05) is 19.1 Å². The molecule has 0 amide bonds. The van der Waals surface area contributed by atoms with Crippen molar-refractivity contribution in [2.75, 3.05) is 25.7 Å². The third-order valence-electron chi connectivity index (χ3n) is 3.81. The predicted molar refractivity (Wildman–Crippen MR) is 83.5 cm³/mol. The van der Waals surface area contributed by atoms with Crippen LogP contribution in [0.25, 0.3) is 0 Å². The molecule has 1 aliphatic rings. The van der Waals surface area contributed by atoms with E-state index in [0.29, 0.717) is 6.04 Å². The van der Waals surface area contributed by atoms with Gasteiger partial charge in [-0.25, -0.2) is 0 Å². The molecular formula is C15H19N3O2S. The minimum absolute atomic E-state index is 0.290. The zero-order valence-corrected chi connectivity index (χ0v) is 13.3. The van der Waals surface area contributed by atoms with Gasteiger partial charge in [-0.1, -0.05) is 11.3 Å². The van der Waals surface area contributed by atoms with Crippen LogP contribution in [-0.2, 0) is 0 Å². The molecule has 2 aromatic rings. The quantitative estimate of drug-likeness (QED) is 0.868. The van der Waals surface area contributed by atoms with E-state index < -0.39 is 0 Å². The standard InChI is InChI=1S/C15H19N3O2S/c1-10-16-17-15(21-10)18-8-4-5-13(18)12-7-6-11(19-2)9-14(12)20-3/h6-7,9,13H,4-5,8H2,1-3H3/t13-/m0/s1. The molecule has 0 N–H and O–H groups in total. The number of rotatable bonds is 4. The van der Waals surface area contributed by atoms with Crippen LogP contribution >= 0.6 is 11.3 Å². The summed E-state index contributed by atoms with van der Waals surface area (Å²) in [5.41, 5.74) is 1.18. The zero-order chi connectivity index (χ0) is 14.8. The van der Waals surface area contributed by atoms with Crippen LogP contribution in [0, 0.1) is 6.92 Å². The molecule has 0 unspecified atom stereocenters. The van der Waals surface area contributed by atoms with Gasteiger partial charge in [-0.2, -0.15) is 0 Å². The monoisotopic (exact) mass is 305 g/mol. The summed E-state index contributed by atoms with van der Waals surface area (Å²) in [7, 11) is 3.37. The Labute approximate surface area is 128 Å². The summed E-state index contributed by atoms with van der Waals surface area (Å²) >= 11 is 1.64. The Bertz CT molecular complexity index is 629. The van der Waals surface area contributed by atoms with E-state index in [1.165, 1.54) is 5.56 Å². The predicted octanol–water partition coefficient (Wildman–Crippen LogP) is 3.21. The lowest BCUT2D eigenvalue weighted by atomic mass is 10.0. The Hall–Kier alpha value is -1.82. The molecular weight excluding hydrogens is 286 g/mol.